The molecule has 0 radical (unpaired) electrons. The molecular weight excluding hydrogens is 606 g/mol. The molecule has 236 valence electrons. The molecular formula is C31H38ClN5O6S. The fraction of sp³-hybridized carbons (Fsp3) is 0.452. The Bertz CT molecular complexity index is 1670. The number of nitrogens with one attached hydrogen (secondary N) is 2. The number of anilines is 4. The van der Waals surface area contributed by atoms with E-state index in [1.807, 2.05) is 33.8 Å². The second-order valence-electron chi connectivity index (χ2n) is 12.2. The number of nitrogens with zero attached hydrogens (tertiary/aromatic N) is 3. The quantitative estimate of drug-likeness (QED) is 0.279. The number of carbonyl (C=O) groups is 1. The van der Waals surface area contributed by atoms with Crippen LogP contribution >= 0.6 is 11.6 Å². The van der Waals surface area contributed by atoms with Gasteiger partial charge in [0.2, 0.25) is 12.7 Å². The number of aryl methyl sites for hydroxylation is 1. The number of carbonyl (C=O) groups excluding carboxylic acids is 1. The summed E-state index contributed by atoms with van der Waals surface area (Å²) >= 11 is 6.42. The predicted octanol–water partition coefficient (Wildman–Crippen LogP) is 6.95. The van der Waals surface area contributed by atoms with Crippen LogP contribution in [0.1, 0.15) is 64.5 Å². The van der Waals surface area contributed by atoms with Crippen molar-refractivity contribution in [3.8, 4) is 11.5 Å². The minimum Gasteiger partial charge on any atom is -0.453 e. The molecule has 5 rings (SSSR count). The number of benzene rings is 2. The maximum absolute atomic E-state index is 12.9. The Morgan fingerprint density at radius 2 is 1.77 bits per heavy atom. The maximum Gasteiger partial charge on any atom is 0.410 e. The minimum atomic E-state index is -3.56. The average Bonchev–Trinajstić information content (AvgIpc) is 3.44. The van der Waals surface area contributed by atoms with Crippen molar-refractivity contribution in [3.05, 3.63) is 52.7 Å². The van der Waals surface area contributed by atoms with Crippen LogP contribution < -0.4 is 20.1 Å². The monoisotopic (exact) mass is 643 g/mol. The third-order valence-electron chi connectivity index (χ3n) is 7.50. The molecule has 1 fully saturated rings. The van der Waals surface area contributed by atoms with E-state index in [2.05, 4.69) is 20.6 Å². The first kappa shape index (κ1) is 31.6. The van der Waals surface area contributed by atoms with Crippen molar-refractivity contribution in [1.29, 1.82) is 0 Å². The Hall–Kier alpha value is -3.77. The standard InChI is InChI=1S/C31H38ClN5O6S/c1-18(2)44(39,40)24-10-8-7-9-22(24)34-28-21(32)16-33-29(36-28)35-23-15-19(3)25(27-26(23)41-17-42-27)20-11-13-37(14-12-20)30(38)43-31(4,5)6/h7-10,15-16,18,20H,11-14,17H2,1-6H3,(H2,33,34,35,36). The van der Waals surface area contributed by atoms with Crippen molar-refractivity contribution in [2.24, 2.45) is 0 Å². The van der Waals surface area contributed by atoms with Crippen molar-refractivity contribution in [2.75, 3.05) is 30.5 Å². The first-order chi connectivity index (χ1) is 20.7. The number of fused-ring (bicyclic) bond motifs is 1. The molecule has 13 heteroatoms. The van der Waals surface area contributed by atoms with Crippen LogP contribution in [0.25, 0.3) is 0 Å². The van der Waals surface area contributed by atoms with Gasteiger partial charge in [-0.25, -0.2) is 18.2 Å². The number of ether oxygens (including phenoxy) is 3. The summed E-state index contributed by atoms with van der Waals surface area (Å²) in [6.07, 6.45) is 2.69. The van der Waals surface area contributed by atoms with Gasteiger partial charge in [0.05, 0.1) is 27.7 Å². The van der Waals surface area contributed by atoms with Crippen molar-refractivity contribution in [1.82, 2.24) is 14.9 Å². The van der Waals surface area contributed by atoms with Crippen LogP contribution in [0.3, 0.4) is 0 Å². The number of para-hydroxylation sites is 1. The lowest BCUT2D eigenvalue weighted by Crippen LogP contribution is -2.41. The fourth-order valence-electron chi connectivity index (χ4n) is 5.33. The zero-order chi connectivity index (χ0) is 31.8. The number of hydrogen-bond acceptors (Lipinski definition) is 10. The van der Waals surface area contributed by atoms with Gasteiger partial charge in [-0.15, -0.1) is 0 Å². The molecule has 2 aliphatic rings. The third kappa shape index (κ3) is 6.66. The summed E-state index contributed by atoms with van der Waals surface area (Å²) < 4.78 is 43.3. The summed E-state index contributed by atoms with van der Waals surface area (Å²) in [5.74, 6) is 1.89. The van der Waals surface area contributed by atoms with Gasteiger partial charge in [-0.05, 0) is 84.1 Å². The Morgan fingerprint density at radius 1 is 1.09 bits per heavy atom. The van der Waals surface area contributed by atoms with Gasteiger partial charge in [-0.3, -0.25) is 0 Å². The molecule has 0 saturated carbocycles. The molecule has 1 saturated heterocycles. The maximum atomic E-state index is 12.9. The van der Waals surface area contributed by atoms with Crippen LogP contribution in [0.2, 0.25) is 5.02 Å². The van der Waals surface area contributed by atoms with Crippen LogP contribution in [0, 0.1) is 6.92 Å². The molecule has 1 amide bonds. The summed E-state index contributed by atoms with van der Waals surface area (Å²) in [5, 5.41) is 5.92. The number of amides is 1. The first-order valence-electron chi connectivity index (χ1n) is 14.5. The van der Waals surface area contributed by atoms with Crippen LogP contribution in [-0.2, 0) is 14.6 Å². The van der Waals surface area contributed by atoms with Crippen molar-refractivity contribution in [3.63, 3.8) is 0 Å². The number of halogens is 1. The van der Waals surface area contributed by atoms with E-state index >= 15 is 0 Å². The van der Waals surface area contributed by atoms with E-state index in [0.29, 0.717) is 36.0 Å². The van der Waals surface area contributed by atoms with Gasteiger partial charge in [0, 0.05) is 18.7 Å². The fourth-order valence-corrected chi connectivity index (χ4v) is 6.67. The van der Waals surface area contributed by atoms with E-state index < -0.39 is 20.7 Å². The van der Waals surface area contributed by atoms with E-state index in [9.17, 15) is 13.2 Å². The van der Waals surface area contributed by atoms with Crippen molar-refractivity contribution >= 4 is 50.7 Å². The summed E-state index contributed by atoms with van der Waals surface area (Å²) in [6, 6.07) is 8.60. The van der Waals surface area contributed by atoms with Crippen LogP contribution in [0.5, 0.6) is 11.5 Å². The zero-order valence-electron chi connectivity index (χ0n) is 25.7. The Labute approximate surface area is 263 Å². The average molecular weight is 644 g/mol. The molecule has 11 nitrogen and oxygen atoms in total. The number of sulfone groups is 1. The van der Waals surface area contributed by atoms with Gasteiger partial charge in [0.1, 0.15) is 10.6 Å². The second kappa shape index (κ2) is 12.3. The molecule has 0 atom stereocenters. The summed E-state index contributed by atoms with van der Waals surface area (Å²) in [6.45, 7) is 12.1. The van der Waals surface area contributed by atoms with Gasteiger partial charge in [0.25, 0.3) is 0 Å². The van der Waals surface area contributed by atoms with Crippen molar-refractivity contribution in [2.45, 2.75) is 76.0 Å². The minimum absolute atomic E-state index is 0.0760. The molecule has 44 heavy (non-hydrogen) atoms. The Balaban J connectivity index is 1.37. The summed E-state index contributed by atoms with van der Waals surface area (Å²) in [5.41, 5.74) is 2.52. The molecule has 2 N–H and O–H groups in total. The number of hydrogen-bond donors (Lipinski definition) is 2. The highest BCUT2D eigenvalue weighted by Gasteiger charge is 2.33. The van der Waals surface area contributed by atoms with E-state index in [1.165, 1.54) is 6.20 Å². The molecule has 0 aliphatic carbocycles. The SMILES string of the molecule is Cc1cc(Nc2ncc(Cl)c(Nc3ccccc3S(=O)(=O)C(C)C)n2)c2c(c1C1CCN(C(=O)OC(C)(C)C)CC1)OCO2. The second-order valence-corrected chi connectivity index (χ2v) is 15.1. The van der Waals surface area contributed by atoms with Gasteiger partial charge >= 0.3 is 6.09 Å². The summed E-state index contributed by atoms with van der Waals surface area (Å²) in [4.78, 5) is 23.4. The third-order valence-corrected chi connectivity index (χ3v) is 9.99. The smallest absolute Gasteiger partial charge is 0.410 e. The molecule has 3 heterocycles. The topological polar surface area (TPSA) is 132 Å². The molecule has 3 aromatic rings. The largest absolute Gasteiger partial charge is 0.453 e. The molecule has 1 aromatic heterocycles. The molecule has 2 aliphatic heterocycles. The summed E-state index contributed by atoms with van der Waals surface area (Å²) in [7, 11) is -3.56. The highest BCUT2D eigenvalue weighted by Crippen LogP contribution is 2.49. The van der Waals surface area contributed by atoms with E-state index in [-0.39, 0.29) is 40.5 Å². The number of piperidine rings is 1. The van der Waals surface area contributed by atoms with Gasteiger partial charge in [0.15, 0.2) is 27.2 Å². The first-order valence-corrected chi connectivity index (χ1v) is 16.5. The van der Waals surface area contributed by atoms with E-state index in [0.717, 1.165) is 24.0 Å². The van der Waals surface area contributed by atoms with Crippen LogP contribution in [0.15, 0.2) is 41.4 Å². The van der Waals surface area contributed by atoms with E-state index in [4.69, 9.17) is 25.8 Å². The number of likely N-dealkylation sites (tertiary alicyclic amines) is 1. The van der Waals surface area contributed by atoms with Crippen molar-refractivity contribution < 1.29 is 27.4 Å². The highest BCUT2D eigenvalue weighted by molar-refractivity contribution is 7.92. The van der Waals surface area contributed by atoms with Crippen LogP contribution in [0.4, 0.5) is 27.9 Å². The van der Waals surface area contributed by atoms with Gasteiger partial charge < -0.3 is 29.7 Å². The Morgan fingerprint density at radius 3 is 2.45 bits per heavy atom. The number of rotatable bonds is 7. The number of aromatic nitrogens is 2. The molecule has 0 unspecified atom stereocenters. The molecule has 2 aromatic carbocycles. The normalized spacial score (nSPS) is 15.4. The lowest BCUT2D eigenvalue weighted by atomic mass is 9.85. The van der Waals surface area contributed by atoms with Gasteiger partial charge in [-0.2, -0.15) is 4.98 Å². The molecule has 0 bridgehead atoms. The van der Waals surface area contributed by atoms with Crippen LogP contribution in [-0.4, -0.2) is 60.1 Å². The van der Waals surface area contributed by atoms with Gasteiger partial charge in [-0.1, -0.05) is 23.7 Å². The lowest BCUT2D eigenvalue weighted by Gasteiger charge is -2.34. The highest BCUT2D eigenvalue weighted by atomic mass is 35.5. The zero-order valence-corrected chi connectivity index (χ0v) is 27.3. The Kier molecular flexibility index (Phi) is 8.86. The predicted molar refractivity (Wildman–Crippen MR) is 169 cm³/mol. The van der Waals surface area contributed by atoms with E-state index in [1.54, 1.807) is 43.0 Å². The lowest BCUT2D eigenvalue weighted by molar-refractivity contribution is 0.0204. The molecule has 0 spiro atoms.